The van der Waals surface area contributed by atoms with Crippen LogP contribution < -0.4 is 0 Å². The fourth-order valence-electron chi connectivity index (χ4n) is 2.40. The number of hydrogen-bond acceptors (Lipinski definition) is 3. The third kappa shape index (κ3) is 2.90. The van der Waals surface area contributed by atoms with Gasteiger partial charge in [-0.05, 0) is 44.1 Å². The molecule has 0 aromatic carbocycles. The molecule has 1 atom stereocenters. The molecule has 1 rings (SSSR count). The van der Waals surface area contributed by atoms with Crippen LogP contribution in [0, 0.1) is 5.41 Å². The largest absolute Gasteiger partial charge is 0.478 e. The van der Waals surface area contributed by atoms with Gasteiger partial charge in [-0.2, -0.15) is 0 Å². The van der Waals surface area contributed by atoms with Crippen LogP contribution in [0.25, 0.3) is 0 Å². The molecule has 1 unspecified atom stereocenters. The zero-order chi connectivity index (χ0) is 15.7. The summed E-state index contributed by atoms with van der Waals surface area (Å²) in [7, 11) is 0. The first kappa shape index (κ1) is 16.4. The van der Waals surface area contributed by atoms with E-state index in [0.717, 1.165) is 0 Å². The Labute approximate surface area is 119 Å². The lowest BCUT2D eigenvalue weighted by molar-refractivity contribution is -0.132. The van der Waals surface area contributed by atoms with E-state index < -0.39 is 17.0 Å². The van der Waals surface area contributed by atoms with E-state index in [4.69, 9.17) is 5.11 Å². The first-order chi connectivity index (χ1) is 9.01. The van der Waals surface area contributed by atoms with Gasteiger partial charge in [0.15, 0.2) is 5.78 Å². The molecular formula is C16H22O4. The number of carbonyl (C=O) groups excluding carboxylic acids is 1. The fourth-order valence-corrected chi connectivity index (χ4v) is 2.40. The Morgan fingerprint density at radius 2 is 1.90 bits per heavy atom. The highest BCUT2D eigenvalue weighted by Crippen LogP contribution is 2.44. The highest BCUT2D eigenvalue weighted by Gasteiger charge is 2.46. The van der Waals surface area contributed by atoms with Crippen LogP contribution in [0.1, 0.15) is 41.0 Å². The van der Waals surface area contributed by atoms with E-state index >= 15 is 0 Å². The standard InChI is InChI=1S/C16H22O4/c1-10(12(3)14(18)19)6-7-16(20)11(2)8-13(17)9-15(16,4)5/h6-8,20H,9H2,1-5H3,(H,18,19)/b7-6?,12-10-. The molecule has 1 aliphatic rings. The second-order valence-electron chi connectivity index (χ2n) is 6.07. The van der Waals surface area contributed by atoms with Crippen molar-refractivity contribution in [1.82, 2.24) is 0 Å². The summed E-state index contributed by atoms with van der Waals surface area (Å²) in [5.41, 5.74) is -0.490. The van der Waals surface area contributed by atoms with Crippen LogP contribution in [-0.2, 0) is 9.59 Å². The normalized spacial score (nSPS) is 27.3. The van der Waals surface area contributed by atoms with Gasteiger partial charge >= 0.3 is 5.97 Å². The third-order valence-corrected chi connectivity index (χ3v) is 4.11. The highest BCUT2D eigenvalue weighted by atomic mass is 16.4. The van der Waals surface area contributed by atoms with Crippen molar-refractivity contribution in [3.8, 4) is 0 Å². The molecule has 0 bridgehead atoms. The molecule has 1 aliphatic carbocycles. The van der Waals surface area contributed by atoms with Crippen molar-refractivity contribution in [3.63, 3.8) is 0 Å². The number of carboxylic acids is 1. The molecular weight excluding hydrogens is 256 g/mol. The lowest BCUT2D eigenvalue weighted by Crippen LogP contribution is -2.48. The van der Waals surface area contributed by atoms with Crippen molar-refractivity contribution in [1.29, 1.82) is 0 Å². The van der Waals surface area contributed by atoms with Gasteiger partial charge in [-0.25, -0.2) is 4.79 Å². The molecule has 0 fully saturated rings. The number of allylic oxidation sites excluding steroid dienone is 3. The number of carboxylic acid groups (broad SMARTS) is 1. The molecule has 0 saturated carbocycles. The highest BCUT2D eigenvalue weighted by molar-refractivity contribution is 5.93. The number of aliphatic hydroxyl groups is 1. The van der Waals surface area contributed by atoms with Gasteiger partial charge in [0.25, 0.3) is 0 Å². The number of rotatable bonds is 3. The summed E-state index contributed by atoms with van der Waals surface area (Å²) >= 11 is 0. The van der Waals surface area contributed by atoms with Crippen molar-refractivity contribution >= 4 is 11.8 Å². The lowest BCUT2D eigenvalue weighted by atomic mass is 9.64. The minimum Gasteiger partial charge on any atom is -0.478 e. The SMILES string of the molecule is CC1=CC(=O)CC(C)(C)C1(O)C=C/C(C)=C(/C)C(=O)O. The van der Waals surface area contributed by atoms with Gasteiger partial charge in [-0.1, -0.05) is 19.9 Å². The molecule has 0 radical (unpaired) electrons. The van der Waals surface area contributed by atoms with Crippen LogP contribution >= 0.6 is 0 Å². The molecule has 0 aromatic rings. The first-order valence-electron chi connectivity index (χ1n) is 6.55. The van der Waals surface area contributed by atoms with E-state index in [2.05, 4.69) is 0 Å². The van der Waals surface area contributed by atoms with Gasteiger partial charge in [0.1, 0.15) is 5.60 Å². The maximum Gasteiger partial charge on any atom is 0.331 e. The summed E-state index contributed by atoms with van der Waals surface area (Å²) in [6.45, 7) is 8.57. The maximum absolute atomic E-state index is 11.6. The number of ketones is 1. The molecule has 0 amide bonds. The van der Waals surface area contributed by atoms with E-state index in [-0.39, 0.29) is 17.8 Å². The molecule has 0 saturated heterocycles. The second kappa shape index (κ2) is 5.37. The number of aliphatic carboxylic acids is 1. The third-order valence-electron chi connectivity index (χ3n) is 4.11. The lowest BCUT2D eigenvalue weighted by Gasteiger charge is -2.44. The van der Waals surface area contributed by atoms with Crippen molar-refractivity contribution in [2.45, 2.75) is 46.6 Å². The molecule has 110 valence electrons. The molecule has 0 spiro atoms. The Morgan fingerprint density at radius 1 is 1.35 bits per heavy atom. The summed E-state index contributed by atoms with van der Waals surface area (Å²) in [4.78, 5) is 22.5. The summed E-state index contributed by atoms with van der Waals surface area (Å²) in [6.07, 6.45) is 4.91. The summed E-state index contributed by atoms with van der Waals surface area (Å²) in [6, 6.07) is 0. The summed E-state index contributed by atoms with van der Waals surface area (Å²) in [5, 5.41) is 19.8. The number of hydrogen-bond donors (Lipinski definition) is 2. The zero-order valence-electron chi connectivity index (χ0n) is 12.7. The average Bonchev–Trinajstić information content (AvgIpc) is 2.31. The maximum atomic E-state index is 11.6. The monoisotopic (exact) mass is 278 g/mol. The van der Waals surface area contributed by atoms with Crippen LogP contribution in [0.2, 0.25) is 0 Å². The quantitative estimate of drug-likeness (QED) is 0.614. The van der Waals surface area contributed by atoms with E-state index in [1.807, 2.05) is 13.8 Å². The molecule has 20 heavy (non-hydrogen) atoms. The van der Waals surface area contributed by atoms with E-state index in [1.54, 1.807) is 26.0 Å². The van der Waals surface area contributed by atoms with Gasteiger partial charge in [0, 0.05) is 17.4 Å². The smallest absolute Gasteiger partial charge is 0.331 e. The zero-order valence-corrected chi connectivity index (χ0v) is 12.7. The molecule has 4 heteroatoms. The second-order valence-corrected chi connectivity index (χ2v) is 6.07. The first-order valence-corrected chi connectivity index (χ1v) is 6.55. The Bertz CT molecular complexity index is 535. The molecule has 0 aromatic heterocycles. The molecule has 0 heterocycles. The van der Waals surface area contributed by atoms with Crippen molar-refractivity contribution in [2.75, 3.05) is 0 Å². The predicted molar refractivity (Wildman–Crippen MR) is 77.3 cm³/mol. The van der Waals surface area contributed by atoms with Gasteiger partial charge in [0.2, 0.25) is 0 Å². The van der Waals surface area contributed by atoms with Gasteiger partial charge < -0.3 is 10.2 Å². The van der Waals surface area contributed by atoms with Crippen LogP contribution in [-0.4, -0.2) is 27.6 Å². The summed E-state index contributed by atoms with van der Waals surface area (Å²) < 4.78 is 0. The van der Waals surface area contributed by atoms with Crippen LogP contribution in [0.15, 0.2) is 34.9 Å². The van der Waals surface area contributed by atoms with Gasteiger partial charge in [-0.15, -0.1) is 0 Å². The minimum absolute atomic E-state index is 0.000412. The summed E-state index contributed by atoms with van der Waals surface area (Å²) in [5.74, 6) is -0.982. The Kier molecular flexibility index (Phi) is 4.39. The van der Waals surface area contributed by atoms with Crippen LogP contribution in [0.4, 0.5) is 0 Å². The average molecular weight is 278 g/mol. The van der Waals surface area contributed by atoms with Crippen molar-refractivity contribution in [2.24, 2.45) is 5.41 Å². The molecule has 2 N–H and O–H groups in total. The fraction of sp³-hybridized carbons (Fsp3) is 0.500. The predicted octanol–water partition coefficient (Wildman–Crippen LogP) is 2.64. The Balaban J connectivity index is 3.23. The van der Waals surface area contributed by atoms with Crippen LogP contribution in [0.3, 0.4) is 0 Å². The Morgan fingerprint density at radius 3 is 2.35 bits per heavy atom. The van der Waals surface area contributed by atoms with Gasteiger partial charge in [0.05, 0.1) is 0 Å². The van der Waals surface area contributed by atoms with E-state index in [1.165, 1.54) is 13.0 Å². The molecule has 4 nitrogen and oxygen atoms in total. The molecule has 0 aliphatic heterocycles. The van der Waals surface area contributed by atoms with E-state index in [0.29, 0.717) is 11.1 Å². The topological polar surface area (TPSA) is 74.6 Å². The van der Waals surface area contributed by atoms with Crippen LogP contribution in [0.5, 0.6) is 0 Å². The van der Waals surface area contributed by atoms with Crippen molar-refractivity contribution < 1.29 is 19.8 Å². The van der Waals surface area contributed by atoms with Gasteiger partial charge in [-0.3, -0.25) is 4.79 Å². The number of carbonyl (C=O) groups is 2. The Hall–Kier alpha value is -1.68. The van der Waals surface area contributed by atoms with E-state index in [9.17, 15) is 14.7 Å². The minimum atomic E-state index is -1.25. The van der Waals surface area contributed by atoms with Crippen molar-refractivity contribution in [3.05, 3.63) is 34.9 Å².